The number of aliphatic hydroxyl groups is 1. The summed E-state index contributed by atoms with van der Waals surface area (Å²) in [5.41, 5.74) is 4.03. The van der Waals surface area contributed by atoms with Gasteiger partial charge in [-0.3, -0.25) is 0 Å². The molecule has 0 spiro atoms. The van der Waals surface area contributed by atoms with Crippen LogP contribution in [0.3, 0.4) is 0 Å². The number of hydrogen-bond acceptors (Lipinski definition) is 2. The molecule has 0 radical (unpaired) electrons. The van der Waals surface area contributed by atoms with Crippen LogP contribution in [-0.4, -0.2) is 19.1 Å². The maximum atomic E-state index is 9.29. The topological polar surface area (TPSA) is 42.5 Å². The predicted octanol–water partition coefficient (Wildman–Crippen LogP) is 2.83. The van der Waals surface area contributed by atoms with Gasteiger partial charge in [-0.05, 0) is 35.2 Å². The van der Waals surface area contributed by atoms with Gasteiger partial charge in [0.05, 0.1) is 18.8 Å². The van der Waals surface area contributed by atoms with Gasteiger partial charge < -0.3 is 14.1 Å². The maximum Gasteiger partial charge on any atom is 0.137 e. The molecule has 0 unspecified atom stereocenters. The number of rotatable bonds is 3. The van der Waals surface area contributed by atoms with Crippen molar-refractivity contribution < 1.29 is 5.11 Å². The first-order valence-electron chi connectivity index (χ1n) is 6.95. The van der Waals surface area contributed by atoms with Gasteiger partial charge in [0, 0.05) is 24.1 Å². The molecule has 0 atom stereocenters. The van der Waals surface area contributed by atoms with Gasteiger partial charge in [-0.15, -0.1) is 0 Å². The highest BCUT2D eigenvalue weighted by Gasteiger charge is 2.06. The van der Waals surface area contributed by atoms with E-state index < -0.39 is 0 Å². The molecule has 3 heterocycles. The van der Waals surface area contributed by atoms with Gasteiger partial charge >= 0.3 is 0 Å². The van der Waals surface area contributed by atoms with Crippen molar-refractivity contribution in [1.82, 2.24) is 14.0 Å². The second kappa shape index (κ2) is 4.75. The van der Waals surface area contributed by atoms with Crippen molar-refractivity contribution in [2.75, 3.05) is 0 Å². The van der Waals surface area contributed by atoms with E-state index in [1.807, 2.05) is 47.0 Å². The molecule has 0 bridgehead atoms. The van der Waals surface area contributed by atoms with Crippen LogP contribution in [0.5, 0.6) is 0 Å². The number of aromatic nitrogens is 3. The standard InChI is InChI=1S/C17H15N3O/c21-12-13-4-5-14-6-8-19(16(14)9-13)10-15-11-20-7-2-1-3-17(20)18-15/h1-9,11,21H,10,12H2. The average Bonchev–Trinajstić information content (AvgIpc) is 3.10. The van der Waals surface area contributed by atoms with E-state index in [9.17, 15) is 5.11 Å². The quantitative estimate of drug-likeness (QED) is 0.625. The molecular formula is C17H15N3O. The van der Waals surface area contributed by atoms with Crippen molar-refractivity contribution in [3.05, 3.63) is 72.3 Å². The number of fused-ring (bicyclic) bond motifs is 2. The molecule has 4 aromatic rings. The van der Waals surface area contributed by atoms with E-state index in [1.54, 1.807) is 0 Å². The van der Waals surface area contributed by atoms with Crippen molar-refractivity contribution in [2.24, 2.45) is 0 Å². The van der Waals surface area contributed by atoms with E-state index in [4.69, 9.17) is 0 Å². The Labute approximate surface area is 121 Å². The SMILES string of the molecule is OCc1ccc2ccn(Cc3cn4ccccc4n3)c2c1. The van der Waals surface area contributed by atoms with E-state index >= 15 is 0 Å². The van der Waals surface area contributed by atoms with Crippen molar-refractivity contribution in [2.45, 2.75) is 13.2 Å². The Kier molecular flexibility index (Phi) is 2.75. The van der Waals surface area contributed by atoms with E-state index in [-0.39, 0.29) is 6.61 Å². The predicted molar refractivity (Wildman–Crippen MR) is 82.2 cm³/mol. The lowest BCUT2D eigenvalue weighted by atomic mass is 10.2. The van der Waals surface area contributed by atoms with Crippen LogP contribution < -0.4 is 0 Å². The van der Waals surface area contributed by atoms with Crippen LogP contribution >= 0.6 is 0 Å². The zero-order chi connectivity index (χ0) is 14.2. The fraction of sp³-hybridized carbons (Fsp3) is 0.118. The number of hydrogen-bond donors (Lipinski definition) is 1. The third-order valence-corrected chi connectivity index (χ3v) is 3.77. The molecule has 1 N–H and O–H groups in total. The normalized spacial score (nSPS) is 11.5. The van der Waals surface area contributed by atoms with Crippen molar-refractivity contribution in [3.8, 4) is 0 Å². The molecule has 0 amide bonds. The highest BCUT2D eigenvalue weighted by atomic mass is 16.3. The van der Waals surface area contributed by atoms with Crippen molar-refractivity contribution >= 4 is 16.6 Å². The van der Waals surface area contributed by atoms with Gasteiger partial charge in [-0.2, -0.15) is 0 Å². The summed E-state index contributed by atoms with van der Waals surface area (Å²) in [5, 5.41) is 10.5. The second-order valence-electron chi connectivity index (χ2n) is 5.19. The van der Waals surface area contributed by atoms with E-state index in [2.05, 4.69) is 28.0 Å². The van der Waals surface area contributed by atoms with Crippen LogP contribution in [0.2, 0.25) is 0 Å². The molecule has 1 aromatic carbocycles. The first-order chi connectivity index (χ1) is 10.3. The largest absolute Gasteiger partial charge is 0.392 e. The maximum absolute atomic E-state index is 9.29. The number of nitrogens with zero attached hydrogens (tertiary/aromatic N) is 3. The number of imidazole rings is 1. The first kappa shape index (κ1) is 12.2. The summed E-state index contributed by atoms with van der Waals surface area (Å²) in [6.07, 6.45) is 6.12. The van der Waals surface area contributed by atoms with Crippen LogP contribution in [0.4, 0.5) is 0 Å². The second-order valence-corrected chi connectivity index (χ2v) is 5.19. The average molecular weight is 277 g/mol. The third kappa shape index (κ3) is 2.10. The Bertz CT molecular complexity index is 887. The minimum atomic E-state index is 0.0650. The molecule has 104 valence electrons. The van der Waals surface area contributed by atoms with Crippen LogP contribution in [0, 0.1) is 0 Å². The zero-order valence-electron chi connectivity index (χ0n) is 11.5. The number of aliphatic hydroxyl groups excluding tert-OH is 1. The lowest BCUT2D eigenvalue weighted by Crippen LogP contribution is -1.98. The Morgan fingerprint density at radius 3 is 2.86 bits per heavy atom. The fourth-order valence-electron chi connectivity index (χ4n) is 2.70. The minimum absolute atomic E-state index is 0.0650. The van der Waals surface area contributed by atoms with Crippen molar-refractivity contribution in [1.29, 1.82) is 0 Å². The van der Waals surface area contributed by atoms with Gasteiger partial charge in [0.25, 0.3) is 0 Å². The Hall–Kier alpha value is -2.59. The fourth-order valence-corrected chi connectivity index (χ4v) is 2.70. The minimum Gasteiger partial charge on any atom is -0.392 e. The molecule has 0 aliphatic heterocycles. The van der Waals surface area contributed by atoms with Crippen LogP contribution in [0.15, 0.2) is 61.1 Å². The monoisotopic (exact) mass is 277 g/mol. The van der Waals surface area contributed by atoms with Gasteiger partial charge in [0.15, 0.2) is 0 Å². The Morgan fingerprint density at radius 1 is 1.05 bits per heavy atom. The lowest BCUT2D eigenvalue weighted by Gasteiger charge is -2.04. The first-order valence-corrected chi connectivity index (χ1v) is 6.95. The number of benzene rings is 1. The molecule has 4 nitrogen and oxygen atoms in total. The van der Waals surface area contributed by atoms with Crippen molar-refractivity contribution in [3.63, 3.8) is 0 Å². The third-order valence-electron chi connectivity index (χ3n) is 3.77. The zero-order valence-corrected chi connectivity index (χ0v) is 11.5. The van der Waals surface area contributed by atoms with Gasteiger partial charge in [0.2, 0.25) is 0 Å². The summed E-state index contributed by atoms with van der Waals surface area (Å²) < 4.78 is 4.19. The highest BCUT2D eigenvalue weighted by Crippen LogP contribution is 2.19. The van der Waals surface area contributed by atoms with Crippen LogP contribution in [-0.2, 0) is 13.2 Å². The van der Waals surface area contributed by atoms with Gasteiger partial charge in [-0.25, -0.2) is 4.98 Å². The molecule has 4 rings (SSSR count). The Morgan fingerprint density at radius 2 is 2.00 bits per heavy atom. The number of pyridine rings is 1. The molecule has 0 fully saturated rings. The van der Waals surface area contributed by atoms with Crippen LogP contribution in [0.25, 0.3) is 16.6 Å². The Balaban J connectivity index is 1.76. The molecule has 0 saturated carbocycles. The van der Waals surface area contributed by atoms with E-state index in [0.717, 1.165) is 29.0 Å². The summed E-state index contributed by atoms with van der Waals surface area (Å²) in [6, 6.07) is 14.1. The van der Waals surface area contributed by atoms with E-state index in [1.165, 1.54) is 5.39 Å². The molecule has 0 saturated heterocycles. The summed E-state index contributed by atoms with van der Waals surface area (Å²) in [7, 11) is 0. The lowest BCUT2D eigenvalue weighted by molar-refractivity contribution is 0.282. The summed E-state index contributed by atoms with van der Waals surface area (Å²) in [5.74, 6) is 0. The molecule has 0 aliphatic carbocycles. The summed E-state index contributed by atoms with van der Waals surface area (Å²) in [4.78, 5) is 4.63. The summed E-state index contributed by atoms with van der Waals surface area (Å²) >= 11 is 0. The van der Waals surface area contributed by atoms with Gasteiger partial charge in [0.1, 0.15) is 5.65 Å². The van der Waals surface area contributed by atoms with Gasteiger partial charge in [-0.1, -0.05) is 18.2 Å². The summed E-state index contributed by atoms with van der Waals surface area (Å²) in [6.45, 7) is 0.787. The molecule has 3 aromatic heterocycles. The highest BCUT2D eigenvalue weighted by molar-refractivity contribution is 5.80. The molecule has 0 aliphatic rings. The smallest absolute Gasteiger partial charge is 0.137 e. The van der Waals surface area contributed by atoms with Crippen LogP contribution in [0.1, 0.15) is 11.3 Å². The molecule has 4 heteroatoms. The molecule has 21 heavy (non-hydrogen) atoms. The molecular weight excluding hydrogens is 262 g/mol. The van der Waals surface area contributed by atoms with E-state index in [0.29, 0.717) is 0 Å².